The van der Waals surface area contributed by atoms with Crippen molar-refractivity contribution in [2.24, 2.45) is 0 Å². The number of nitrogens with one attached hydrogen (secondary N) is 1. The minimum atomic E-state index is -0.345. The maximum Gasteiger partial charge on any atom is 0.287 e. The molecule has 5 nitrogen and oxygen atoms in total. The highest BCUT2D eigenvalue weighted by Gasteiger charge is 2.25. The van der Waals surface area contributed by atoms with E-state index < -0.39 is 0 Å². The molecule has 1 fully saturated rings. The summed E-state index contributed by atoms with van der Waals surface area (Å²) in [5.41, 5.74) is 2.30. The quantitative estimate of drug-likeness (QED) is 0.603. The Labute approximate surface area is 181 Å². The Bertz CT molecular complexity index is 1010. The van der Waals surface area contributed by atoms with Gasteiger partial charge < -0.3 is 14.5 Å². The predicted molar refractivity (Wildman–Crippen MR) is 117 cm³/mol. The van der Waals surface area contributed by atoms with E-state index in [0.717, 1.165) is 37.2 Å². The van der Waals surface area contributed by atoms with E-state index in [1.165, 1.54) is 12.1 Å². The van der Waals surface area contributed by atoms with Gasteiger partial charge in [0.05, 0.1) is 13.2 Å². The zero-order valence-corrected chi connectivity index (χ0v) is 17.9. The maximum absolute atomic E-state index is 13.5. The molecule has 1 aromatic heterocycles. The van der Waals surface area contributed by atoms with Crippen molar-refractivity contribution in [3.05, 3.63) is 65.2 Å². The first-order valence-electron chi connectivity index (χ1n) is 9.91. The Hall–Kier alpha value is -2.57. The molecule has 2 aromatic carbocycles. The van der Waals surface area contributed by atoms with E-state index in [-0.39, 0.29) is 35.9 Å². The summed E-state index contributed by atoms with van der Waals surface area (Å²) < 4.78 is 24.5. The summed E-state index contributed by atoms with van der Waals surface area (Å²) in [6.45, 7) is 4.27. The van der Waals surface area contributed by atoms with Crippen LogP contribution in [-0.2, 0) is 0 Å². The molecule has 7 heteroatoms. The van der Waals surface area contributed by atoms with Crippen LogP contribution in [0, 0.1) is 12.7 Å². The molecule has 1 N–H and O–H groups in total. The highest BCUT2D eigenvalue weighted by molar-refractivity contribution is 5.98. The van der Waals surface area contributed by atoms with E-state index in [0.29, 0.717) is 23.1 Å². The number of halogens is 2. The van der Waals surface area contributed by atoms with Gasteiger partial charge in [0.25, 0.3) is 5.91 Å². The molecule has 0 spiro atoms. The third-order valence-electron chi connectivity index (χ3n) is 5.64. The predicted octanol–water partition coefficient (Wildman–Crippen LogP) is 4.88. The SMILES string of the molecule is COc1ccc(C(CNC(=O)c2oc3ccc(F)cc3c2C)N2CCCC2)cc1.Cl. The van der Waals surface area contributed by atoms with Gasteiger partial charge in [0.1, 0.15) is 17.1 Å². The molecule has 160 valence electrons. The number of amides is 1. The number of nitrogens with zero attached hydrogens (tertiary/aromatic N) is 1. The van der Waals surface area contributed by atoms with Gasteiger partial charge in [-0.2, -0.15) is 0 Å². The van der Waals surface area contributed by atoms with Crippen LogP contribution >= 0.6 is 12.4 Å². The summed E-state index contributed by atoms with van der Waals surface area (Å²) in [5.74, 6) is 0.419. The zero-order chi connectivity index (χ0) is 20.4. The third kappa shape index (κ3) is 4.45. The Morgan fingerprint density at radius 1 is 1.20 bits per heavy atom. The van der Waals surface area contributed by atoms with Crippen molar-refractivity contribution in [2.75, 3.05) is 26.7 Å². The number of carbonyl (C=O) groups excluding carboxylic acids is 1. The van der Waals surface area contributed by atoms with Gasteiger partial charge in [-0.15, -0.1) is 12.4 Å². The Morgan fingerprint density at radius 2 is 1.90 bits per heavy atom. The molecule has 3 aromatic rings. The van der Waals surface area contributed by atoms with Crippen LogP contribution in [0.4, 0.5) is 4.39 Å². The van der Waals surface area contributed by atoms with Gasteiger partial charge in [-0.25, -0.2) is 4.39 Å². The van der Waals surface area contributed by atoms with Gasteiger partial charge >= 0.3 is 0 Å². The highest BCUT2D eigenvalue weighted by Crippen LogP contribution is 2.28. The average Bonchev–Trinajstić information content (AvgIpc) is 3.37. The van der Waals surface area contributed by atoms with Crippen LogP contribution in [0.25, 0.3) is 11.0 Å². The number of rotatable bonds is 6. The molecule has 1 aliphatic rings. The highest BCUT2D eigenvalue weighted by atomic mass is 35.5. The lowest BCUT2D eigenvalue weighted by atomic mass is 10.0. The first-order valence-corrected chi connectivity index (χ1v) is 9.91. The third-order valence-corrected chi connectivity index (χ3v) is 5.64. The maximum atomic E-state index is 13.5. The summed E-state index contributed by atoms with van der Waals surface area (Å²) in [4.78, 5) is 15.2. The average molecular weight is 433 g/mol. The van der Waals surface area contributed by atoms with Crippen LogP contribution in [0.15, 0.2) is 46.9 Å². The van der Waals surface area contributed by atoms with Crippen molar-refractivity contribution >= 4 is 29.3 Å². The Kier molecular flexibility index (Phi) is 7.00. The minimum Gasteiger partial charge on any atom is -0.497 e. The summed E-state index contributed by atoms with van der Waals surface area (Å²) in [6, 6.07) is 12.3. The topological polar surface area (TPSA) is 54.7 Å². The second-order valence-corrected chi connectivity index (χ2v) is 7.44. The van der Waals surface area contributed by atoms with Crippen LogP contribution in [0.2, 0.25) is 0 Å². The van der Waals surface area contributed by atoms with Gasteiger partial charge in [-0.05, 0) is 68.8 Å². The molecule has 1 amide bonds. The van der Waals surface area contributed by atoms with E-state index in [1.807, 2.05) is 24.3 Å². The number of ether oxygens (including phenoxy) is 1. The second kappa shape index (κ2) is 9.49. The molecule has 0 bridgehead atoms. The number of benzene rings is 2. The van der Waals surface area contributed by atoms with Crippen molar-refractivity contribution in [3.8, 4) is 5.75 Å². The van der Waals surface area contributed by atoms with Crippen molar-refractivity contribution in [1.82, 2.24) is 10.2 Å². The van der Waals surface area contributed by atoms with E-state index >= 15 is 0 Å². The van der Waals surface area contributed by atoms with Gasteiger partial charge in [0, 0.05) is 17.5 Å². The monoisotopic (exact) mass is 432 g/mol. The fourth-order valence-corrected chi connectivity index (χ4v) is 4.02. The number of likely N-dealkylation sites (tertiary alicyclic amines) is 1. The lowest BCUT2D eigenvalue weighted by Gasteiger charge is -2.28. The van der Waals surface area contributed by atoms with E-state index in [2.05, 4.69) is 10.2 Å². The molecular weight excluding hydrogens is 407 g/mol. The van der Waals surface area contributed by atoms with Gasteiger partial charge in [0.2, 0.25) is 0 Å². The lowest BCUT2D eigenvalue weighted by molar-refractivity contribution is 0.0911. The molecule has 0 saturated carbocycles. The summed E-state index contributed by atoms with van der Waals surface area (Å²) >= 11 is 0. The molecular formula is C23H26ClFN2O3. The second-order valence-electron chi connectivity index (χ2n) is 7.44. The molecule has 1 unspecified atom stereocenters. The van der Waals surface area contributed by atoms with Crippen molar-refractivity contribution in [3.63, 3.8) is 0 Å². The fourth-order valence-electron chi connectivity index (χ4n) is 4.02. The number of hydrogen-bond donors (Lipinski definition) is 1. The van der Waals surface area contributed by atoms with Crippen molar-refractivity contribution in [1.29, 1.82) is 0 Å². The van der Waals surface area contributed by atoms with E-state index in [1.54, 1.807) is 20.1 Å². The van der Waals surface area contributed by atoms with Crippen LogP contribution in [0.1, 0.15) is 40.6 Å². The Balaban J connectivity index is 0.00000256. The molecule has 0 aliphatic carbocycles. The van der Waals surface area contributed by atoms with Crippen LogP contribution in [-0.4, -0.2) is 37.6 Å². The molecule has 30 heavy (non-hydrogen) atoms. The summed E-state index contributed by atoms with van der Waals surface area (Å²) in [6.07, 6.45) is 2.32. The normalized spacial score (nSPS) is 15.0. The molecule has 1 atom stereocenters. The van der Waals surface area contributed by atoms with Gasteiger partial charge in [0.15, 0.2) is 5.76 Å². The number of furan rings is 1. The number of methoxy groups -OCH3 is 1. The number of aryl methyl sites for hydroxylation is 1. The molecule has 1 saturated heterocycles. The van der Waals surface area contributed by atoms with Gasteiger partial charge in [-0.3, -0.25) is 9.69 Å². The standard InChI is InChI=1S/C23H25FN2O3.ClH/c1-15-19-13-17(24)7-10-21(19)29-22(15)23(27)25-14-20(26-11-3-4-12-26)16-5-8-18(28-2)9-6-16;/h5-10,13,20H,3-4,11-12,14H2,1-2H3,(H,25,27);1H. The molecule has 0 radical (unpaired) electrons. The minimum absolute atomic E-state index is 0. The lowest BCUT2D eigenvalue weighted by Crippen LogP contribution is -2.36. The number of fused-ring (bicyclic) bond motifs is 1. The number of carbonyl (C=O) groups is 1. The smallest absolute Gasteiger partial charge is 0.287 e. The van der Waals surface area contributed by atoms with E-state index in [9.17, 15) is 9.18 Å². The van der Waals surface area contributed by atoms with Crippen molar-refractivity contribution in [2.45, 2.75) is 25.8 Å². The van der Waals surface area contributed by atoms with Gasteiger partial charge in [-0.1, -0.05) is 12.1 Å². The Morgan fingerprint density at radius 3 is 2.57 bits per heavy atom. The first-order chi connectivity index (χ1) is 14.1. The molecule has 2 heterocycles. The number of hydrogen-bond acceptors (Lipinski definition) is 4. The fraction of sp³-hybridized carbons (Fsp3) is 0.348. The van der Waals surface area contributed by atoms with Crippen LogP contribution in [0.3, 0.4) is 0 Å². The first kappa shape index (κ1) is 22.1. The van der Waals surface area contributed by atoms with E-state index in [4.69, 9.17) is 9.15 Å². The van der Waals surface area contributed by atoms with Crippen LogP contribution in [0.5, 0.6) is 5.75 Å². The van der Waals surface area contributed by atoms with Crippen LogP contribution < -0.4 is 10.1 Å². The van der Waals surface area contributed by atoms with Crippen molar-refractivity contribution < 1.29 is 18.3 Å². The molecule has 4 rings (SSSR count). The zero-order valence-electron chi connectivity index (χ0n) is 17.1. The molecule has 1 aliphatic heterocycles. The largest absolute Gasteiger partial charge is 0.497 e. The summed E-state index contributed by atoms with van der Waals surface area (Å²) in [5, 5.41) is 3.65. The summed E-state index contributed by atoms with van der Waals surface area (Å²) in [7, 11) is 1.65.